The van der Waals surface area contributed by atoms with Crippen molar-refractivity contribution >= 4 is 32.4 Å². The second-order valence-corrected chi connectivity index (χ2v) is 10.3. The lowest BCUT2D eigenvalue weighted by Crippen LogP contribution is -2.37. The average Bonchev–Trinajstić information content (AvgIpc) is 3.31. The number of methoxy groups -OCH3 is 1. The summed E-state index contributed by atoms with van der Waals surface area (Å²) in [6.45, 7) is 3.58. The van der Waals surface area contributed by atoms with Gasteiger partial charge in [0, 0.05) is 12.6 Å². The van der Waals surface area contributed by atoms with Gasteiger partial charge in [-0.15, -0.1) is 10.2 Å². The Labute approximate surface area is 204 Å². The molecular formula is C22H23F3N4O4S2. The van der Waals surface area contributed by atoms with Crippen LogP contribution < -0.4 is 14.4 Å². The number of carbonyl (C=O) groups excluding carboxylic acids is 1. The monoisotopic (exact) mass is 528 g/mol. The minimum atomic E-state index is -4.59. The predicted octanol–water partition coefficient (Wildman–Crippen LogP) is 4.14. The third kappa shape index (κ3) is 6.09. The Morgan fingerprint density at radius 2 is 1.86 bits per heavy atom. The Balaban J connectivity index is 1.68. The number of benzene rings is 2. The number of nitrogens with zero attached hydrogens (tertiary/aromatic N) is 3. The quantitative estimate of drug-likeness (QED) is 0.448. The summed E-state index contributed by atoms with van der Waals surface area (Å²) in [7, 11) is -2.60. The van der Waals surface area contributed by atoms with Gasteiger partial charge in [0.2, 0.25) is 5.13 Å². The molecule has 1 heterocycles. The lowest BCUT2D eigenvalue weighted by atomic mass is 10.1. The zero-order chi connectivity index (χ0) is 25.8. The van der Waals surface area contributed by atoms with E-state index in [2.05, 4.69) is 15.5 Å². The summed E-state index contributed by atoms with van der Waals surface area (Å²) in [5, 5.41) is 10.4. The highest BCUT2D eigenvalue weighted by Crippen LogP contribution is 2.32. The van der Waals surface area contributed by atoms with Crippen molar-refractivity contribution in [1.29, 1.82) is 0 Å². The van der Waals surface area contributed by atoms with Crippen LogP contribution in [0.3, 0.4) is 0 Å². The van der Waals surface area contributed by atoms with Crippen LogP contribution in [0.5, 0.6) is 5.75 Å². The van der Waals surface area contributed by atoms with E-state index in [-0.39, 0.29) is 33.9 Å². The van der Waals surface area contributed by atoms with Crippen LogP contribution in [-0.2, 0) is 22.6 Å². The molecule has 0 bridgehead atoms. The van der Waals surface area contributed by atoms with Gasteiger partial charge in [-0.05, 0) is 56.2 Å². The van der Waals surface area contributed by atoms with Gasteiger partial charge in [0.25, 0.3) is 15.9 Å². The molecule has 0 radical (unpaired) electrons. The van der Waals surface area contributed by atoms with Crippen molar-refractivity contribution in [1.82, 2.24) is 15.5 Å². The van der Waals surface area contributed by atoms with Crippen molar-refractivity contribution in [3.63, 3.8) is 0 Å². The van der Waals surface area contributed by atoms with Crippen LogP contribution in [0, 0.1) is 0 Å². The number of anilines is 1. The fourth-order valence-electron chi connectivity index (χ4n) is 3.28. The van der Waals surface area contributed by atoms with E-state index in [1.54, 1.807) is 26.0 Å². The summed E-state index contributed by atoms with van der Waals surface area (Å²) < 4.78 is 71.5. The highest BCUT2D eigenvalue weighted by Gasteiger charge is 2.32. The number of alkyl halides is 3. The van der Waals surface area contributed by atoms with Crippen LogP contribution in [0.2, 0.25) is 0 Å². The van der Waals surface area contributed by atoms with E-state index in [0.29, 0.717) is 6.42 Å². The number of hydrogen-bond donors (Lipinski definition) is 1. The molecule has 1 aromatic heterocycles. The Kier molecular flexibility index (Phi) is 8.00. The smallest absolute Gasteiger partial charge is 0.416 e. The number of carbonyl (C=O) groups is 1. The molecule has 1 amide bonds. The fourth-order valence-corrected chi connectivity index (χ4v) is 5.81. The molecule has 2 aromatic carbocycles. The van der Waals surface area contributed by atoms with Gasteiger partial charge in [0.1, 0.15) is 11.3 Å². The third-order valence-electron chi connectivity index (χ3n) is 4.96. The van der Waals surface area contributed by atoms with E-state index in [1.807, 2.05) is 0 Å². The number of nitrogens with one attached hydrogen (secondary N) is 1. The predicted molar refractivity (Wildman–Crippen MR) is 125 cm³/mol. The van der Waals surface area contributed by atoms with Crippen molar-refractivity contribution in [3.8, 4) is 5.75 Å². The van der Waals surface area contributed by atoms with Crippen LogP contribution in [-0.4, -0.2) is 44.2 Å². The molecule has 0 saturated carbocycles. The lowest BCUT2D eigenvalue weighted by molar-refractivity contribution is -0.137. The topological polar surface area (TPSA) is 101 Å². The first-order valence-electron chi connectivity index (χ1n) is 10.4. The largest absolute Gasteiger partial charge is 0.496 e. The highest BCUT2D eigenvalue weighted by atomic mass is 32.2. The maximum Gasteiger partial charge on any atom is 0.416 e. The van der Waals surface area contributed by atoms with Gasteiger partial charge in [-0.1, -0.05) is 23.5 Å². The Hall–Kier alpha value is -3.19. The number of amides is 1. The van der Waals surface area contributed by atoms with E-state index in [0.717, 1.165) is 35.1 Å². The molecule has 8 nitrogen and oxygen atoms in total. The van der Waals surface area contributed by atoms with Crippen LogP contribution in [0.25, 0.3) is 0 Å². The number of sulfonamides is 1. The number of rotatable bonds is 9. The first-order chi connectivity index (χ1) is 16.4. The van der Waals surface area contributed by atoms with E-state index in [9.17, 15) is 26.4 Å². The lowest BCUT2D eigenvalue weighted by Gasteiger charge is -2.25. The first-order valence-corrected chi connectivity index (χ1v) is 12.7. The van der Waals surface area contributed by atoms with Gasteiger partial charge in [-0.25, -0.2) is 12.7 Å². The molecular weight excluding hydrogens is 505 g/mol. The highest BCUT2D eigenvalue weighted by molar-refractivity contribution is 7.93. The number of hydrogen-bond acceptors (Lipinski definition) is 7. The molecule has 3 rings (SSSR count). The van der Waals surface area contributed by atoms with Gasteiger partial charge in [-0.2, -0.15) is 13.2 Å². The molecule has 13 heteroatoms. The Morgan fingerprint density at radius 1 is 1.17 bits per heavy atom. The van der Waals surface area contributed by atoms with E-state index >= 15 is 0 Å². The van der Waals surface area contributed by atoms with Crippen molar-refractivity contribution in [3.05, 3.63) is 64.7 Å². The van der Waals surface area contributed by atoms with Gasteiger partial charge in [0.15, 0.2) is 0 Å². The molecule has 0 aliphatic carbocycles. The normalized spacial score (nSPS) is 12.0. The minimum absolute atomic E-state index is 0.0233. The molecule has 0 unspecified atom stereocenters. The molecule has 0 aliphatic heterocycles. The van der Waals surface area contributed by atoms with Crippen molar-refractivity contribution < 1.29 is 31.1 Å². The number of aromatic nitrogens is 2. The second-order valence-electron chi connectivity index (χ2n) is 7.68. The number of ether oxygens (including phenoxy) is 1. The fraction of sp³-hybridized carbons (Fsp3) is 0.318. The van der Waals surface area contributed by atoms with Gasteiger partial charge in [-0.3, -0.25) is 4.79 Å². The average molecular weight is 529 g/mol. The van der Waals surface area contributed by atoms with Crippen LogP contribution in [0.4, 0.5) is 18.3 Å². The molecule has 0 saturated heterocycles. The maximum absolute atomic E-state index is 13.1. The molecule has 1 N–H and O–H groups in total. The standard InChI is InChI=1S/C22H23F3N4O4S2/c1-14(2)29(21-28-27-13-34-21)35(31,32)17-7-4-15(5-8-17)10-11-26-20(30)18-12-16(22(23,24)25)6-9-19(18)33-3/h4-9,12-14H,10-11H2,1-3H3,(H,26,30). The van der Waals surface area contributed by atoms with E-state index in [1.165, 1.54) is 29.1 Å². The molecule has 188 valence electrons. The summed E-state index contributed by atoms with van der Waals surface area (Å²) in [6, 6.07) is 8.44. The maximum atomic E-state index is 13.1. The molecule has 0 fully saturated rings. The van der Waals surface area contributed by atoms with Crippen LogP contribution in [0.15, 0.2) is 52.9 Å². The zero-order valence-electron chi connectivity index (χ0n) is 19.0. The Morgan fingerprint density at radius 3 is 2.40 bits per heavy atom. The molecule has 0 atom stereocenters. The molecule has 35 heavy (non-hydrogen) atoms. The van der Waals surface area contributed by atoms with Crippen molar-refractivity contribution in [2.24, 2.45) is 0 Å². The van der Waals surface area contributed by atoms with Crippen molar-refractivity contribution in [2.75, 3.05) is 18.0 Å². The summed E-state index contributed by atoms with van der Waals surface area (Å²) in [4.78, 5) is 12.5. The minimum Gasteiger partial charge on any atom is -0.496 e. The van der Waals surface area contributed by atoms with Gasteiger partial charge < -0.3 is 10.1 Å². The van der Waals surface area contributed by atoms with Crippen LogP contribution >= 0.6 is 11.3 Å². The summed E-state index contributed by atoms with van der Waals surface area (Å²) in [5.74, 6) is -0.688. The van der Waals surface area contributed by atoms with Gasteiger partial charge in [0.05, 0.1) is 23.1 Å². The molecule has 0 aliphatic rings. The van der Waals surface area contributed by atoms with E-state index < -0.39 is 27.7 Å². The summed E-state index contributed by atoms with van der Waals surface area (Å²) in [6.07, 6.45) is -4.26. The third-order valence-corrected chi connectivity index (χ3v) is 7.74. The summed E-state index contributed by atoms with van der Waals surface area (Å²) in [5.41, 5.74) is 0.998. The van der Waals surface area contributed by atoms with Gasteiger partial charge >= 0.3 is 6.18 Å². The SMILES string of the molecule is COc1ccc(C(F)(F)F)cc1C(=O)NCCc1ccc(S(=O)(=O)N(c2nncs2)C(C)C)cc1. The molecule has 3 aromatic rings. The van der Waals surface area contributed by atoms with E-state index in [4.69, 9.17) is 4.74 Å². The molecule has 0 spiro atoms. The second kappa shape index (κ2) is 10.6. The Bertz CT molecular complexity index is 1260. The van der Waals surface area contributed by atoms with Crippen LogP contribution in [0.1, 0.15) is 35.3 Å². The van der Waals surface area contributed by atoms with Crippen molar-refractivity contribution in [2.45, 2.75) is 37.4 Å². The summed E-state index contributed by atoms with van der Waals surface area (Å²) >= 11 is 1.11. The number of halogens is 3. The first kappa shape index (κ1) is 26.4. The zero-order valence-corrected chi connectivity index (χ0v) is 20.7.